The first-order valence-corrected chi connectivity index (χ1v) is 7.78. The number of aryl methyl sites for hydroxylation is 1. The molecule has 1 N–H and O–H groups in total. The molecule has 0 atom stereocenters. The van der Waals surface area contributed by atoms with Gasteiger partial charge in [-0.3, -0.25) is 0 Å². The Hall–Kier alpha value is -0.830. The summed E-state index contributed by atoms with van der Waals surface area (Å²) in [6.07, 6.45) is 8.62. The molecule has 1 aliphatic rings. The predicted octanol–water partition coefficient (Wildman–Crippen LogP) is 3.81. The van der Waals surface area contributed by atoms with Crippen LogP contribution in [-0.4, -0.2) is 22.4 Å². The standard InChI is InChI=1S/C15H24ClN3/c1-15(2,8-5-9-16)10-17-14-12-6-3-4-7-13(12)18-11-19-14/h11H,3-10H2,1-2H3,(H,17,18,19). The third-order valence-electron chi connectivity index (χ3n) is 3.85. The van der Waals surface area contributed by atoms with Gasteiger partial charge in [0.15, 0.2) is 0 Å². The number of anilines is 1. The second-order valence-electron chi connectivity index (χ2n) is 6.16. The first-order chi connectivity index (χ1) is 9.12. The van der Waals surface area contributed by atoms with Gasteiger partial charge in [-0.1, -0.05) is 13.8 Å². The lowest BCUT2D eigenvalue weighted by Gasteiger charge is -2.26. The van der Waals surface area contributed by atoms with E-state index in [9.17, 15) is 0 Å². The summed E-state index contributed by atoms with van der Waals surface area (Å²) in [5, 5.41) is 3.53. The van der Waals surface area contributed by atoms with Crippen molar-refractivity contribution in [2.75, 3.05) is 17.7 Å². The molecule has 0 bridgehead atoms. The molecule has 0 radical (unpaired) electrons. The van der Waals surface area contributed by atoms with Crippen molar-refractivity contribution < 1.29 is 0 Å². The Morgan fingerprint density at radius 2 is 2.05 bits per heavy atom. The Kier molecular flexibility index (Phi) is 5.03. The van der Waals surface area contributed by atoms with Gasteiger partial charge in [0.25, 0.3) is 0 Å². The number of fused-ring (bicyclic) bond motifs is 1. The summed E-state index contributed by atoms with van der Waals surface area (Å²) >= 11 is 5.78. The highest BCUT2D eigenvalue weighted by molar-refractivity contribution is 6.17. The lowest BCUT2D eigenvalue weighted by molar-refractivity contribution is 0.355. The third kappa shape index (κ3) is 4.07. The molecule has 2 rings (SSSR count). The van der Waals surface area contributed by atoms with Crippen molar-refractivity contribution in [3.05, 3.63) is 17.6 Å². The maximum Gasteiger partial charge on any atom is 0.132 e. The molecule has 0 fully saturated rings. The molecule has 1 heterocycles. The summed E-state index contributed by atoms with van der Waals surface area (Å²) in [4.78, 5) is 8.83. The maximum absolute atomic E-state index is 5.78. The average molecular weight is 282 g/mol. The molecule has 0 saturated heterocycles. The fourth-order valence-corrected chi connectivity index (χ4v) is 2.76. The second-order valence-corrected chi connectivity index (χ2v) is 6.54. The van der Waals surface area contributed by atoms with Crippen molar-refractivity contribution in [3.8, 4) is 0 Å². The maximum atomic E-state index is 5.78. The largest absolute Gasteiger partial charge is 0.369 e. The quantitative estimate of drug-likeness (QED) is 0.806. The molecule has 0 aliphatic heterocycles. The molecule has 3 nitrogen and oxygen atoms in total. The van der Waals surface area contributed by atoms with E-state index in [1.807, 2.05) is 0 Å². The summed E-state index contributed by atoms with van der Waals surface area (Å²) < 4.78 is 0. The minimum Gasteiger partial charge on any atom is -0.369 e. The number of rotatable bonds is 6. The van der Waals surface area contributed by atoms with E-state index in [-0.39, 0.29) is 5.41 Å². The second kappa shape index (κ2) is 6.56. The molecule has 1 aromatic rings. The summed E-state index contributed by atoms with van der Waals surface area (Å²) in [7, 11) is 0. The van der Waals surface area contributed by atoms with Gasteiger partial charge in [-0.05, 0) is 43.9 Å². The molecule has 1 aromatic heterocycles. The van der Waals surface area contributed by atoms with Crippen LogP contribution in [0.5, 0.6) is 0 Å². The van der Waals surface area contributed by atoms with E-state index in [2.05, 4.69) is 29.1 Å². The summed E-state index contributed by atoms with van der Waals surface area (Å²) in [5.41, 5.74) is 2.82. The van der Waals surface area contributed by atoms with Crippen LogP contribution >= 0.6 is 11.6 Å². The van der Waals surface area contributed by atoms with Gasteiger partial charge >= 0.3 is 0 Å². The zero-order chi connectivity index (χ0) is 13.7. The smallest absolute Gasteiger partial charge is 0.132 e. The van der Waals surface area contributed by atoms with Crippen LogP contribution in [0.2, 0.25) is 0 Å². The van der Waals surface area contributed by atoms with Crippen molar-refractivity contribution in [2.24, 2.45) is 5.41 Å². The van der Waals surface area contributed by atoms with Gasteiger partial charge < -0.3 is 5.32 Å². The lowest BCUT2D eigenvalue weighted by Crippen LogP contribution is -2.25. The fraction of sp³-hybridized carbons (Fsp3) is 0.733. The van der Waals surface area contributed by atoms with E-state index in [1.165, 1.54) is 24.1 Å². The normalized spacial score (nSPS) is 15.1. The molecule has 0 saturated carbocycles. The van der Waals surface area contributed by atoms with E-state index in [0.29, 0.717) is 0 Å². The van der Waals surface area contributed by atoms with Crippen molar-refractivity contribution >= 4 is 17.4 Å². The van der Waals surface area contributed by atoms with Crippen LogP contribution in [0, 0.1) is 5.41 Å². The van der Waals surface area contributed by atoms with Crippen molar-refractivity contribution in [3.63, 3.8) is 0 Å². The molecule has 0 spiro atoms. The number of halogens is 1. The monoisotopic (exact) mass is 281 g/mol. The average Bonchev–Trinajstić information content (AvgIpc) is 2.43. The van der Waals surface area contributed by atoms with Crippen LogP contribution < -0.4 is 5.32 Å². The van der Waals surface area contributed by atoms with Gasteiger partial charge in [0, 0.05) is 23.7 Å². The number of nitrogens with zero attached hydrogens (tertiary/aromatic N) is 2. The van der Waals surface area contributed by atoms with Gasteiger partial charge in [0.05, 0.1) is 0 Å². The first-order valence-electron chi connectivity index (χ1n) is 7.25. The van der Waals surface area contributed by atoms with E-state index in [1.54, 1.807) is 6.33 Å². The summed E-state index contributed by atoms with van der Waals surface area (Å²) in [6.45, 7) is 5.49. The molecule has 1 aliphatic carbocycles. The molecular weight excluding hydrogens is 258 g/mol. The first kappa shape index (κ1) is 14.6. The Balaban J connectivity index is 1.99. The molecule has 0 unspecified atom stereocenters. The minimum absolute atomic E-state index is 0.251. The van der Waals surface area contributed by atoms with Crippen LogP contribution in [0.15, 0.2) is 6.33 Å². The van der Waals surface area contributed by atoms with Crippen LogP contribution in [0.25, 0.3) is 0 Å². The van der Waals surface area contributed by atoms with Crippen LogP contribution in [0.1, 0.15) is 50.8 Å². The molecule has 106 valence electrons. The fourth-order valence-electron chi connectivity index (χ4n) is 2.63. The zero-order valence-electron chi connectivity index (χ0n) is 12.0. The van der Waals surface area contributed by atoms with Gasteiger partial charge in [-0.25, -0.2) is 9.97 Å². The van der Waals surface area contributed by atoms with Gasteiger partial charge in [0.2, 0.25) is 0 Å². The van der Waals surface area contributed by atoms with E-state index >= 15 is 0 Å². The highest BCUT2D eigenvalue weighted by Crippen LogP contribution is 2.27. The van der Waals surface area contributed by atoms with Gasteiger partial charge in [0.1, 0.15) is 12.1 Å². The van der Waals surface area contributed by atoms with Crippen molar-refractivity contribution in [1.82, 2.24) is 9.97 Å². The third-order valence-corrected chi connectivity index (χ3v) is 4.11. The van der Waals surface area contributed by atoms with Crippen LogP contribution in [0.3, 0.4) is 0 Å². The number of alkyl halides is 1. The van der Waals surface area contributed by atoms with E-state index < -0.39 is 0 Å². The van der Waals surface area contributed by atoms with Gasteiger partial charge in [-0.15, -0.1) is 11.6 Å². The molecular formula is C15H24ClN3. The molecule has 0 aromatic carbocycles. The zero-order valence-corrected chi connectivity index (χ0v) is 12.8. The highest BCUT2D eigenvalue weighted by Gasteiger charge is 2.20. The molecule has 4 heteroatoms. The van der Waals surface area contributed by atoms with E-state index in [0.717, 1.165) is 43.9 Å². The molecule has 0 amide bonds. The molecule has 19 heavy (non-hydrogen) atoms. The van der Waals surface area contributed by atoms with Crippen molar-refractivity contribution in [2.45, 2.75) is 52.4 Å². The van der Waals surface area contributed by atoms with Crippen LogP contribution in [0.4, 0.5) is 5.82 Å². The highest BCUT2D eigenvalue weighted by atomic mass is 35.5. The number of hydrogen-bond acceptors (Lipinski definition) is 3. The minimum atomic E-state index is 0.251. The Labute approximate surface area is 121 Å². The SMILES string of the molecule is CC(C)(CCCCl)CNc1ncnc2c1CCCC2. The van der Waals surface area contributed by atoms with Crippen molar-refractivity contribution in [1.29, 1.82) is 0 Å². The lowest BCUT2D eigenvalue weighted by atomic mass is 9.88. The number of nitrogens with one attached hydrogen (secondary N) is 1. The van der Waals surface area contributed by atoms with Gasteiger partial charge in [-0.2, -0.15) is 0 Å². The van der Waals surface area contributed by atoms with E-state index in [4.69, 9.17) is 11.6 Å². The van der Waals surface area contributed by atoms with Crippen LogP contribution in [-0.2, 0) is 12.8 Å². The number of aromatic nitrogens is 2. The summed E-state index contributed by atoms with van der Waals surface area (Å²) in [5.74, 6) is 1.79. The predicted molar refractivity (Wildman–Crippen MR) is 80.9 cm³/mol. The Morgan fingerprint density at radius 3 is 2.84 bits per heavy atom. The Bertz CT molecular complexity index is 418. The topological polar surface area (TPSA) is 37.8 Å². The summed E-state index contributed by atoms with van der Waals surface area (Å²) in [6, 6.07) is 0. The Morgan fingerprint density at radius 1 is 1.26 bits per heavy atom. The number of hydrogen-bond donors (Lipinski definition) is 1.